The molecule has 0 fully saturated rings. The number of H-pyrrole nitrogens is 1. The van der Waals surface area contributed by atoms with Crippen molar-refractivity contribution in [2.45, 2.75) is 6.92 Å². The van der Waals surface area contributed by atoms with E-state index in [1.54, 1.807) is 25.9 Å². The molecular formula is C7H11N3O2. The molecule has 0 atom stereocenters. The number of aryl methyl sites for hydroxylation is 1. The molecule has 5 nitrogen and oxygen atoms in total. The number of aromatic nitrogens is 2. The van der Waals surface area contributed by atoms with Crippen LogP contribution in [0.3, 0.4) is 0 Å². The average molecular weight is 169 g/mol. The molecule has 1 aromatic rings. The summed E-state index contributed by atoms with van der Waals surface area (Å²) in [6.45, 7) is 1.68. The number of nitrogens with one attached hydrogen (secondary N) is 1. The quantitative estimate of drug-likeness (QED) is 0.675. The highest BCUT2D eigenvalue weighted by molar-refractivity contribution is 5.94. The van der Waals surface area contributed by atoms with E-state index in [0.29, 0.717) is 11.5 Å². The third-order valence-corrected chi connectivity index (χ3v) is 1.57. The number of aromatic amines is 1. The van der Waals surface area contributed by atoms with E-state index in [9.17, 15) is 4.79 Å². The van der Waals surface area contributed by atoms with Crippen LogP contribution in [0.25, 0.3) is 0 Å². The van der Waals surface area contributed by atoms with Gasteiger partial charge < -0.3 is 10.0 Å². The first kappa shape index (κ1) is 8.58. The lowest BCUT2D eigenvalue weighted by atomic mass is 10.2. The Balaban J connectivity index is 3.21. The number of carboxylic acids is 1. The minimum absolute atomic E-state index is 0.236. The van der Waals surface area contributed by atoms with E-state index in [4.69, 9.17) is 5.11 Å². The van der Waals surface area contributed by atoms with Crippen molar-refractivity contribution in [1.29, 1.82) is 0 Å². The van der Waals surface area contributed by atoms with Gasteiger partial charge in [0.1, 0.15) is 5.56 Å². The molecule has 1 heterocycles. The number of aromatic carboxylic acids is 1. The molecule has 0 radical (unpaired) electrons. The SMILES string of the molecule is Cc1[nH]nc(N(C)C)c1C(=O)O. The summed E-state index contributed by atoms with van der Waals surface area (Å²) in [5.74, 6) is -0.495. The molecule has 0 bridgehead atoms. The lowest BCUT2D eigenvalue weighted by Gasteiger charge is -2.08. The van der Waals surface area contributed by atoms with Crippen molar-refractivity contribution in [1.82, 2.24) is 10.2 Å². The number of nitrogens with zero attached hydrogens (tertiary/aromatic N) is 2. The van der Waals surface area contributed by atoms with Crippen LogP contribution >= 0.6 is 0 Å². The zero-order valence-electron chi connectivity index (χ0n) is 7.25. The van der Waals surface area contributed by atoms with Gasteiger partial charge in [0.25, 0.3) is 0 Å². The lowest BCUT2D eigenvalue weighted by Crippen LogP contribution is -2.13. The minimum Gasteiger partial charge on any atom is -0.477 e. The Morgan fingerprint density at radius 1 is 1.58 bits per heavy atom. The Hall–Kier alpha value is -1.52. The largest absolute Gasteiger partial charge is 0.477 e. The second-order valence-electron chi connectivity index (χ2n) is 2.75. The van der Waals surface area contributed by atoms with Gasteiger partial charge in [0.15, 0.2) is 5.82 Å². The molecule has 1 rings (SSSR count). The van der Waals surface area contributed by atoms with E-state index >= 15 is 0 Å². The van der Waals surface area contributed by atoms with Crippen molar-refractivity contribution < 1.29 is 9.90 Å². The summed E-state index contributed by atoms with van der Waals surface area (Å²) in [7, 11) is 3.50. The van der Waals surface area contributed by atoms with Gasteiger partial charge >= 0.3 is 5.97 Å². The summed E-state index contributed by atoms with van der Waals surface area (Å²) in [5.41, 5.74) is 0.811. The number of hydrogen-bond acceptors (Lipinski definition) is 3. The monoisotopic (exact) mass is 169 g/mol. The van der Waals surface area contributed by atoms with Gasteiger partial charge in [-0.3, -0.25) is 5.10 Å². The standard InChI is InChI=1S/C7H11N3O2/c1-4-5(7(11)12)6(9-8-4)10(2)3/h1-3H3,(H,8,9)(H,11,12). The molecule has 1 aromatic heterocycles. The molecule has 0 aliphatic carbocycles. The van der Waals surface area contributed by atoms with Crippen molar-refractivity contribution in [2.24, 2.45) is 0 Å². The fraction of sp³-hybridized carbons (Fsp3) is 0.429. The van der Waals surface area contributed by atoms with Crippen LogP contribution in [0.4, 0.5) is 5.82 Å². The van der Waals surface area contributed by atoms with E-state index in [2.05, 4.69) is 10.2 Å². The van der Waals surface area contributed by atoms with E-state index in [1.807, 2.05) is 0 Å². The Kier molecular flexibility index (Phi) is 2.03. The number of anilines is 1. The van der Waals surface area contributed by atoms with Crippen LogP contribution in [-0.2, 0) is 0 Å². The van der Waals surface area contributed by atoms with Gasteiger partial charge in [-0.25, -0.2) is 4.79 Å². The Morgan fingerprint density at radius 3 is 2.50 bits per heavy atom. The van der Waals surface area contributed by atoms with Crippen molar-refractivity contribution in [3.8, 4) is 0 Å². The summed E-state index contributed by atoms with van der Waals surface area (Å²) >= 11 is 0. The van der Waals surface area contributed by atoms with Crippen LogP contribution < -0.4 is 4.90 Å². The number of hydrogen-bond donors (Lipinski definition) is 2. The molecule has 0 aliphatic heterocycles. The molecule has 0 saturated heterocycles. The summed E-state index contributed by atoms with van der Waals surface area (Å²) < 4.78 is 0. The highest BCUT2D eigenvalue weighted by atomic mass is 16.4. The van der Waals surface area contributed by atoms with Gasteiger partial charge in [-0.15, -0.1) is 0 Å². The van der Waals surface area contributed by atoms with Gasteiger partial charge in [0.05, 0.1) is 0 Å². The number of carbonyl (C=O) groups is 1. The van der Waals surface area contributed by atoms with Crippen molar-refractivity contribution in [3.05, 3.63) is 11.3 Å². The minimum atomic E-state index is -0.954. The zero-order valence-corrected chi connectivity index (χ0v) is 7.25. The first-order chi connectivity index (χ1) is 5.54. The van der Waals surface area contributed by atoms with E-state index in [1.165, 1.54) is 0 Å². The van der Waals surface area contributed by atoms with Crippen LogP contribution in [0.5, 0.6) is 0 Å². The van der Waals surface area contributed by atoms with Crippen molar-refractivity contribution in [2.75, 3.05) is 19.0 Å². The number of rotatable bonds is 2. The number of carboxylic acid groups (broad SMARTS) is 1. The predicted molar refractivity (Wildman–Crippen MR) is 44.6 cm³/mol. The van der Waals surface area contributed by atoms with Gasteiger partial charge in [-0.2, -0.15) is 5.10 Å². The van der Waals surface area contributed by atoms with Gasteiger partial charge in [0, 0.05) is 19.8 Å². The third-order valence-electron chi connectivity index (χ3n) is 1.57. The molecule has 66 valence electrons. The topological polar surface area (TPSA) is 69.2 Å². The van der Waals surface area contributed by atoms with Gasteiger partial charge in [-0.1, -0.05) is 0 Å². The summed E-state index contributed by atoms with van der Waals surface area (Å²) in [5, 5.41) is 15.3. The Morgan fingerprint density at radius 2 is 2.17 bits per heavy atom. The molecular weight excluding hydrogens is 158 g/mol. The van der Waals surface area contributed by atoms with Crippen LogP contribution in [0.2, 0.25) is 0 Å². The highest BCUT2D eigenvalue weighted by Gasteiger charge is 2.17. The smallest absolute Gasteiger partial charge is 0.341 e. The van der Waals surface area contributed by atoms with E-state index < -0.39 is 5.97 Å². The van der Waals surface area contributed by atoms with Crippen molar-refractivity contribution >= 4 is 11.8 Å². The third kappa shape index (κ3) is 1.25. The van der Waals surface area contributed by atoms with Gasteiger partial charge in [-0.05, 0) is 6.92 Å². The van der Waals surface area contributed by atoms with Crippen LogP contribution in [0.15, 0.2) is 0 Å². The maximum absolute atomic E-state index is 10.7. The molecule has 0 unspecified atom stereocenters. The second kappa shape index (κ2) is 2.84. The normalized spacial score (nSPS) is 9.92. The summed E-state index contributed by atoms with van der Waals surface area (Å²) in [4.78, 5) is 12.4. The summed E-state index contributed by atoms with van der Waals surface area (Å²) in [6, 6.07) is 0. The predicted octanol–water partition coefficient (Wildman–Crippen LogP) is 0.482. The molecule has 2 N–H and O–H groups in total. The highest BCUT2D eigenvalue weighted by Crippen LogP contribution is 2.17. The van der Waals surface area contributed by atoms with Crippen molar-refractivity contribution in [3.63, 3.8) is 0 Å². The lowest BCUT2D eigenvalue weighted by molar-refractivity contribution is 0.0697. The Labute approximate surface area is 70.0 Å². The maximum Gasteiger partial charge on any atom is 0.341 e. The Bertz CT molecular complexity index is 304. The average Bonchev–Trinajstić information content (AvgIpc) is 2.30. The van der Waals surface area contributed by atoms with E-state index in [0.717, 1.165) is 0 Å². The molecule has 5 heteroatoms. The van der Waals surface area contributed by atoms with Crippen LogP contribution in [-0.4, -0.2) is 35.4 Å². The fourth-order valence-electron chi connectivity index (χ4n) is 0.996. The summed E-state index contributed by atoms with van der Waals surface area (Å²) in [6.07, 6.45) is 0. The molecule has 0 aromatic carbocycles. The first-order valence-corrected chi connectivity index (χ1v) is 3.49. The molecule has 0 saturated carbocycles. The molecule has 0 aliphatic rings. The molecule has 12 heavy (non-hydrogen) atoms. The van der Waals surface area contributed by atoms with Crippen LogP contribution in [0, 0.1) is 6.92 Å². The maximum atomic E-state index is 10.7. The fourth-order valence-corrected chi connectivity index (χ4v) is 0.996. The van der Waals surface area contributed by atoms with Gasteiger partial charge in [0.2, 0.25) is 0 Å². The molecule has 0 amide bonds. The second-order valence-corrected chi connectivity index (χ2v) is 2.75. The first-order valence-electron chi connectivity index (χ1n) is 3.49. The van der Waals surface area contributed by atoms with Crippen LogP contribution in [0.1, 0.15) is 16.1 Å². The molecule has 0 spiro atoms. The zero-order chi connectivity index (χ0) is 9.30. The van der Waals surface area contributed by atoms with E-state index in [-0.39, 0.29) is 5.56 Å².